The van der Waals surface area contributed by atoms with Crippen molar-refractivity contribution < 1.29 is 5.11 Å². The van der Waals surface area contributed by atoms with Crippen molar-refractivity contribution in [1.82, 2.24) is 9.97 Å². The number of aryl methyl sites for hydroxylation is 1. The molecular formula is C7H11N3O. The van der Waals surface area contributed by atoms with E-state index in [1.54, 1.807) is 13.0 Å². The number of hydrogen-bond acceptors (Lipinski definition) is 4. The monoisotopic (exact) mass is 153 g/mol. The number of aliphatic hydroxyl groups excluding tert-OH is 1. The van der Waals surface area contributed by atoms with E-state index in [0.29, 0.717) is 18.1 Å². The van der Waals surface area contributed by atoms with E-state index < -0.39 is 0 Å². The number of aliphatic hydroxyl groups is 1. The average Bonchev–Trinajstić information content (AvgIpc) is 1.85. The Balaban J connectivity index is 2.89. The van der Waals surface area contributed by atoms with Crippen LogP contribution >= 0.6 is 0 Å². The Morgan fingerprint density at radius 3 is 2.82 bits per heavy atom. The van der Waals surface area contributed by atoms with E-state index in [2.05, 4.69) is 9.97 Å². The second kappa shape index (κ2) is 3.30. The summed E-state index contributed by atoms with van der Waals surface area (Å²) in [6.07, 6.45) is 0.535. The van der Waals surface area contributed by atoms with Gasteiger partial charge in [-0.1, -0.05) is 0 Å². The van der Waals surface area contributed by atoms with Crippen LogP contribution in [0.1, 0.15) is 11.5 Å². The summed E-state index contributed by atoms with van der Waals surface area (Å²) in [5.74, 6) is 1.11. The zero-order valence-electron chi connectivity index (χ0n) is 6.41. The van der Waals surface area contributed by atoms with Gasteiger partial charge in [-0.25, -0.2) is 9.97 Å². The van der Waals surface area contributed by atoms with Crippen molar-refractivity contribution in [2.24, 2.45) is 0 Å². The lowest BCUT2D eigenvalue weighted by Gasteiger charge is -1.99. The second-order valence-electron chi connectivity index (χ2n) is 2.30. The molecule has 0 saturated heterocycles. The molecule has 0 atom stereocenters. The fourth-order valence-electron chi connectivity index (χ4n) is 0.898. The van der Waals surface area contributed by atoms with E-state index in [9.17, 15) is 0 Å². The summed E-state index contributed by atoms with van der Waals surface area (Å²) in [6.45, 7) is 1.87. The molecule has 0 aliphatic rings. The van der Waals surface area contributed by atoms with Gasteiger partial charge in [0.15, 0.2) is 0 Å². The van der Waals surface area contributed by atoms with E-state index in [1.807, 2.05) is 0 Å². The quantitative estimate of drug-likeness (QED) is 0.622. The van der Waals surface area contributed by atoms with Crippen LogP contribution < -0.4 is 5.73 Å². The van der Waals surface area contributed by atoms with Gasteiger partial charge in [0.05, 0.1) is 0 Å². The molecule has 0 aliphatic heterocycles. The maximum absolute atomic E-state index is 8.60. The van der Waals surface area contributed by atoms with Gasteiger partial charge in [-0.3, -0.25) is 0 Å². The third-order valence-corrected chi connectivity index (χ3v) is 1.28. The standard InChI is InChI=1S/C7H11N3O/c1-5-9-6(2-3-11)4-7(8)10-5/h4,11H,2-3H2,1H3,(H2,8,9,10). The minimum absolute atomic E-state index is 0.0931. The van der Waals surface area contributed by atoms with Gasteiger partial charge >= 0.3 is 0 Å². The molecule has 0 unspecified atom stereocenters. The smallest absolute Gasteiger partial charge is 0.127 e. The summed E-state index contributed by atoms with van der Waals surface area (Å²) in [5, 5.41) is 8.60. The van der Waals surface area contributed by atoms with Gasteiger partial charge in [-0.15, -0.1) is 0 Å². The van der Waals surface area contributed by atoms with Gasteiger partial charge in [0.1, 0.15) is 11.6 Å². The third-order valence-electron chi connectivity index (χ3n) is 1.28. The van der Waals surface area contributed by atoms with Crippen molar-refractivity contribution >= 4 is 5.82 Å². The predicted octanol–water partition coefficient (Wildman–Crippen LogP) is -0.0980. The number of nitrogen functional groups attached to an aromatic ring is 1. The van der Waals surface area contributed by atoms with Gasteiger partial charge in [-0.05, 0) is 6.92 Å². The zero-order chi connectivity index (χ0) is 8.27. The van der Waals surface area contributed by atoms with E-state index in [-0.39, 0.29) is 6.61 Å². The number of hydrogen-bond donors (Lipinski definition) is 2. The van der Waals surface area contributed by atoms with E-state index in [0.717, 1.165) is 5.69 Å². The number of aromatic nitrogens is 2. The first-order valence-electron chi connectivity index (χ1n) is 3.43. The second-order valence-corrected chi connectivity index (χ2v) is 2.30. The molecule has 0 bridgehead atoms. The molecule has 3 N–H and O–H groups in total. The SMILES string of the molecule is Cc1nc(N)cc(CCO)n1. The fourth-order valence-corrected chi connectivity index (χ4v) is 0.898. The van der Waals surface area contributed by atoms with Crippen LogP contribution in [-0.4, -0.2) is 21.7 Å². The molecule has 0 radical (unpaired) electrons. The number of nitrogens with two attached hydrogens (primary N) is 1. The van der Waals surface area contributed by atoms with Gasteiger partial charge < -0.3 is 10.8 Å². The lowest BCUT2D eigenvalue weighted by Crippen LogP contribution is -2.01. The lowest BCUT2D eigenvalue weighted by molar-refractivity contribution is 0.298. The van der Waals surface area contributed by atoms with Gasteiger partial charge in [-0.2, -0.15) is 0 Å². The van der Waals surface area contributed by atoms with Crippen LogP contribution in [0.15, 0.2) is 6.07 Å². The Hall–Kier alpha value is -1.16. The van der Waals surface area contributed by atoms with Gasteiger partial charge in [0.25, 0.3) is 0 Å². The summed E-state index contributed by atoms with van der Waals surface area (Å²) in [5.41, 5.74) is 6.25. The van der Waals surface area contributed by atoms with Crippen molar-refractivity contribution in [1.29, 1.82) is 0 Å². The molecule has 1 aromatic rings. The van der Waals surface area contributed by atoms with Crippen LogP contribution in [-0.2, 0) is 6.42 Å². The van der Waals surface area contributed by atoms with Crippen molar-refractivity contribution in [2.75, 3.05) is 12.3 Å². The molecule has 0 saturated carbocycles. The normalized spacial score (nSPS) is 10.0. The van der Waals surface area contributed by atoms with Crippen LogP contribution in [0.5, 0.6) is 0 Å². The molecule has 4 heteroatoms. The van der Waals surface area contributed by atoms with Crippen LogP contribution in [0.2, 0.25) is 0 Å². The zero-order valence-corrected chi connectivity index (χ0v) is 6.41. The first kappa shape index (κ1) is 7.94. The van der Waals surface area contributed by atoms with E-state index >= 15 is 0 Å². The number of anilines is 1. The highest BCUT2D eigenvalue weighted by Crippen LogP contribution is 2.02. The highest BCUT2D eigenvalue weighted by molar-refractivity contribution is 5.29. The highest BCUT2D eigenvalue weighted by atomic mass is 16.3. The maximum atomic E-state index is 8.60. The average molecular weight is 153 g/mol. The number of rotatable bonds is 2. The Morgan fingerprint density at radius 2 is 2.27 bits per heavy atom. The summed E-state index contributed by atoms with van der Waals surface area (Å²) >= 11 is 0. The largest absolute Gasteiger partial charge is 0.396 e. The summed E-state index contributed by atoms with van der Waals surface area (Å²) in [4.78, 5) is 7.97. The molecule has 1 heterocycles. The summed E-state index contributed by atoms with van der Waals surface area (Å²) < 4.78 is 0. The maximum Gasteiger partial charge on any atom is 0.127 e. The van der Waals surface area contributed by atoms with Crippen LogP contribution in [0.3, 0.4) is 0 Å². The molecule has 0 spiro atoms. The summed E-state index contributed by atoms with van der Waals surface area (Å²) in [7, 11) is 0. The van der Waals surface area contributed by atoms with E-state index in [4.69, 9.17) is 10.8 Å². The van der Waals surface area contributed by atoms with Gasteiger partial charge in [0, 0.05) is 24.8 Å². The Labute approximate surface area is 65.1 Å². The molecule has 1 aromatic heterocycles. The minimum atomic E-state index is 0.0931. The third kappa shape index (κ3) is 2.16. The van der Waals surface area contributed by atoms with Crippen molar-refractivity contribution in [2.45, 2.75) is 13.3 Å². The van der Waals surface area contributed by atoms with Crippen molar-refractivity contribution in [3.05, 3.63) is 17.6 Å². The Kier molecular flexibility index (Phi) is 2.38. The molecule has 0 amide bonds. The topological polar surface area (TPSA) is 72.0 Å². The Morgan fingerprint density at radius 1 is 1.55 bits per heavy atom. The highest BCUT2D eigenvalue weighted by Gasteiger charge is 1.97. The van der Waals surface area contributed by atoms with Crippen LogP contribution in [0.4, 0.5) is 5.82 Å². The van der Waals surface area contributed by atoms with Crippen molar-refractivity contribution in [3.63, 3.8) is 0 Å². The molecular weight excluding hydrogens is 142 g/mol. The summed E-state index contributed by atoms with van der Waals surface area (Å²) in [6, 6.07) is 1.67. The lowest BCUT2D eigenvalue weighted by atomic mass is 10.3. The first-order chi connectivity index (χ1) is 5.22. The molecule has 0 fully saturated rings. The predicted molar refractivity (Wildman–Crippen MR) is 42.0 cm³/mol. The fraction of sp³-hybridized carbons (Fsp3) is 0.429. The van der Waals surface area contributed by atoms with E-state index in [1.165, 1.54) is 0 Å². The van der Waals surface area contributed by atoms with Crippen LogP contribution in [0, 0.1) is 6.92 Å². The van der Waals surface area contributed by atoms with Crippen molar-refractivity contribution in [3.8, 4) is 0 Å². The molecule has 11 heavy (non-hydrogen) atoms. The molecule has 4 nitrogen and oxygen atoms in total. The first-order valence-corrected chi connectivity index (χ1v) is 3.43. The molecule has 0 aliphatic carbocycles. The van der Waals surface area contributed by atoms with Gasteiger partial charge in [0.2, 0.25) is 0 Å². The molecule has 0 aromatic carbocycles. The molecule has 60 valence electrons. The van der Waals surface area contributed by atoms with Crippen LogP contribution in [0.25, 0.3) is 0 Å². The number of nitrogens with zero attached hydrogens (tertiary/aromatic N) is 2. The minimum Gasteiger partial charge on any atom is -0.396 e. The Bertz CT molecular complexity index is 229. The molecule has 1 rings (SSSR count).